The van der Waals surface area contributed by atoms with Crippen molar-refractivity contribution in [1.82, 2.24) is 10.6 Å². The van der Waals surface area contributed by atoms with Crippen LogP contribution in [0.5, 0.6) is 0 Å². The third-order valence-electron chi connectivity index (χ3n) is 3.14. The number of benzene rings is 1. The maximum atomic E-state index is 11.7. The first-order valence-electron chi connectivity index (χ1n) is 6.02. The molecule has 1 aromatic carbocycles. The minimum absolute atomic E-state index is 0.129. The van der Waals surface area contributed by atoms with Gasteiger partial charge in [-0.05, 0) is 25.0 Å². The van der Waals surface area contributed by atoms with Crippen LogP contribution in [0.25, 0.3) is 0 Å². The highest BCUT2D eigenvalue weighted by Gasteiger charge is 2.28. The highest BCUT2D eigenvalue weighted by Crippen LogP contribution is 2.30. The largest absolute Gasteiger partial charge is 0.299 e. The van der Waals surface area contributed by atoms with Crippen molar-refractivity contribution < 1.29 is 9.59 Å². The monoisotopic (exact) mass is 300 g/mol. The van der Waals surface area contributed by atoms with E-state index in [1.165, 1.54) is 0 Å². The van der Waals surface area contributed by atoms with E-state index in [2.05, 4.69) is 10.6 Å². The normalized spacial score (nSPS) is 21.1. The molecule has 2 amide bonds. The van der Waals surface area contributed by atoms with Gasteiger partial charge >= 0.3 is 0 Å². The first kappa shape index (κ1) is 14.3. The number of halogens is 2. The first-order chi connectivity index (χ1) is 8.99. The quantitative estimate of drug-likeness (QED) is 0.843. The Labute approximate surface area is 121 Å². The molecular weight excluding hydrogens is 287 g/mol. The van der Waals surface area contributed by atoms with Crippen LogP contribution in [0, 0.1) is 0 Å². The van der Waals surface area contributed by atoms with Crippen LogP contribution < -0.4 is 10.6 Å². The predicted molar refractivity (Wildman–Crippen MR) is 74.2 cm³/mol. The number of rotatable bonds is 3. The smallest absolute Gasteiger partial charge is 0.243 e. The van der Waals surface area contributed by atoms with Crippen molar-refractivity contribution in [2.24, 2.45) is 0 Å². The number of piperidine rings is 1. The second kappa shape index (κ2) is 5.90. The molecule has 4 nitrogen and oxygen atoms in total. The van der Waals surface area contributed by atoms with Crippen molar-refractivity contribution in [3.05, 3.63) is 33.8 Å². The summed E-state index contributed by atoms with van der Waals surface area (Å²) in [6.45, 7) is 1.90. The summed E-state index contributed by atoms with van der Waals surface area (Å²) < 4.78 is 0. The van der Waals surface area contributed by atoms with Crippen molar-refractivity contribution in [3.63, 3.8) is 0 Å². The third kappa shape index (κ3) is 3.26. The Bertz CT molecular complexity index is 519. The van der Waals surface area contributed by atoms with Crippen LogP contribution in [0.2, 0.25) is 10.0 Å². The minimum atomic E-state index is -0.386. The summed E-state index contributed by atoms with van der Waals surface area (Å²) in [6.07, 6.45) is 0.840. The molecule has 1 heterocycles. The zero-order chi connectivity index (χ0) is 14.0. The Hall–Kier alpha value is -1.10. The van der Waals surface area contributed by atoms with Gasteiger partial charge in [-0.25, -0.2) is 0 Å². The molecule has 0 aliphatic carbocycles. The predicted octanol–water partition coefficient (Wildman–Crippen LogP) is 2.45. The molecule has 2 atom stereocenters. The van der Waals surface area contributed by atoms with E-state index in [1.807, 2.05) is 19.1 Å². The molecule has 0 aromatic heterocycles. The lowest BCUT2D eigenvalue weighted by atomic mass is 10.0. The maximum Gasteiger partial charge on any atom is 0.243 e. The van der Waals surface area contributed by atoms with Gasteiger partial charge in [0.25, 0.3) is 0 Å². The van der Waals surface area contributed by atoms with Gasteiger partial charge in [-0.3, -0.25) is 20.2 Å². The Morgan fingerprint density at radius 2 is 2.11 bits per heavy atom. The van der Waals surface area contributed by atoms with Crippen LogP contribution in [0.3, 0.4) is 0 Å². The van der Waals surface area contributed by atoms with Crippen molar-refractivity contribution in [1.29, 1.82) is 0 Å². The number of nitrogens with one attached hydrogen (secondary N) is 2. The summed E-state index contributed by atoms with van der Waals surface area (Å²) in [7, 11) is 0. The highest BCUT2D eigenvalue weighted by molar-refractivity contribution is 6.42. The Kier molecular flexibility index (Phi) is 4.45. The Morgan fingerprint density at radius 3 is 2.79 bits per heavy atom. The zero-order valence-electron chi connectivity index (χ0n) is 10.4. The summed E-state index contributed by atoms with van der Waals surface area (Å²) in [5, 5.41) is 6.44. The van der Waals surface area contributed by atoms with Gasteiger partial charge in [-0.1, -0.05) is 35.3 Å². The Balaban J connectivity index is 2.09. The summed E-state index contributed by atoms with van der Waals surface area (Å²) in [5.74, 6) is -0.516. The van der Waals surface area contributed by atoms with Gasteiger partial charge in [0, 0.05) is 12.5 Å². The molecule has 1 aromatic rings. The number of amides is 2. The SMILES string of the molecule is CC(NC1CCC(=O)NC1=O)c1cccc(Cl)c1Cl. The van der Waals surface area contributed by atoms with E-state index in [4.69, 9.17) is 23.2 Å². The van der Waals surface area contributed by atoms with Crippen molar-refractivity contribution in [3.8, 4) is 0 Å². The fourth-order valence-corrected chi connectivity index (χ4v) is 2.57. The van der Waals surface area contributed by atoms with Crippen LogP contribution in [0.1, 0.15) is 31.4 Å². The van der Waals surface area contributed by atoms with E-state index < -0.39 is 0 Å². The van der Waals surface area contributed by atoms with Gasteiger partial charge in [0.05, 0.1) is 16.1 Å². The van der Waals surface area contributed by atoms with E-state index in [1.54, 1.807) is 6.07 Å². The molecule has 2 rings (SSSR count). The fourth-order valence-electron chi connectivity index (χ4n) is 2.10. The van der Waals surface area contributed by atoms with Gasteiger partial charge in [0.1, 0.15) is 0 Å². The molecular formula is C13H14Cl2N2O2. The number of hydrogen-bond donors (Lipinski definition) is 2. The second-order valence-electron chi connectivity index (χ2n) is 4.54. The molecule has 6 heteroatoms. The molecule has 1 saturated heterocycles. The lowest BCUT2D eigenvalue weighted by Crippen LogP contribution is -2.51. The summed E-state index contributed by atoms with van der Waals surface area (Å²) >= 11 is 12.1. The van der Waals surface area contributed by atoms with E-state index >= 15 is 0 Å². The van der Waals surface area contributed by atoms with E-state index in [0.29, 0.717) is 22.9 Å². The first-order valence-corrected chi connectivity index (χ1v) is 6.78. The number of hydrogen-bond acceptors (Lipinski definition) is 3. The fraction of sp³-hybridized carbons (Fsp3) is 0.385. The van der Waals surface area contributed by atoms with E-state index in [-0.39, 0.29) is 23.9 Å². The zero-order valence-corrected chi connectivity index (χ0v) is 11.9. The molecule has 0 radical (unpaired) electrons. The average molecular weight is 301 g/mol. The van der Waals surface area contributed by atoms with E-state index in [9.17, 15) is 9.59 Å². The standard InChI is InChI=1S/C13H14Cl2N2O2/c1-7(8-3-2-4-9(14)12(8)15)16-10-5-6-11(18)17-13(10)19/h2-4,7,10,16H,5-6H2,1H3,(H,17,18,19). The van der Waals surface area contributed by atoms with Crippen molar-refractivity contribution in [2.75, 3.05) is 0 Å². The summed E-state index contributed by atoms with van der Waals surface area (Å²) in [6, 6.07) is 4.87. The number of imide groups is 1. The lowest BCUT2D eigenvalue weighted by Gasteiger charge is -2.26. The topological polar surface area (TPSA) is 58.2 Å². The lowest BCUT2D eigenvalue weighted by molar-refractivity contribution is -0.134. The van der Waals surface area contributed by atoms with Crippen LogP contribution in [0.15, 0.2) is 18.2 Å². The van der Waals surface area contributed by atoms with Gasteiger partial charge in [0.2, 0.25) is 11.8 Å². The third-order valence-corrected chi connectivity index (χ3v) is 3.97. The average Bonchev–Trinajstić information content (AvgIpc) is 2.36. The molecule has 1 fully saturated rings. The van der Waals surface area contributed by atoms with E-state index in [0.717, 1.165) is 5.56 Å². The van der Waals surface area contributed by atoms with Crippen molar-refractivity contribution >= 4 is 35.0 Å². The van der Waals surface area contributed by atoms with Gasteiger partial charge in [-0.15, -0.1) is 0 Å². The molecule has 1 aliphatic rings. The van der Waals surface area contributed by atoms with Gasteiger partial charge in [-0.2, -0.15) is 0 Å². The Morgan fingerprint density at radius 1 is 1.37 bits per heavy atom. The summed E-state index contributed by atoms with van der Waals surface area (Å²) in [5.41, 5.74) is 0.832. The van der Waals surface area contributed by atoms with Gasteiger partial charge < -0.3 is 0 Å². The molecule has 2 N–H and O–H groups in total. The molecule has 0 saturated carbocycles. The number of carbonyl (C=O) groups is 2. The van der Waals surface area contributed by atoms with Crippen LogP contribution in [-0.4, -0.2) is 17.9 Å². The molecule has 2 unspecified atom stereocenters. The van der Waals surface area contributed by atoms with Crippen LogP contribution in [-0.2, 0) is 9.59 Å². The molecule has 0 bridgehead atoms. The highest BCUT2D eigenvalue weighted by atomic mass is 35.5. The summed E-state index contributed by atoms with van der Waals surface area (Å²) in [4.78, 5) is 22.7. The van der Waals surface area contributed by atoms with Crippen LogP contribution >= 0.6 is 23.2 Å². The molecule has 19 heavy (non-hydrogen) atoms. The van der Waals surface area contributed by atoms with Crippen LogP contribution in [0.4, 0.5) is 0 Å². The molecule has 0 spiro atoms. The molecule has 102 valence electrons. The van der Waals surface area contributed by atoms with Gasteiger partial charge in [0.15, 0.2) is 0 Å². The second-order valence-corrected chi connectivity index (χ2v) is 5.32. The maximum absolute atomic E-state index is 11.7. The number of carbonyl (C=O) groups excluding carboxylic acids is 2. The van der Waals surface area contributed by atoms with Crippen molar-refractivity contribution in [2.45, 2.75) is 31.8 Å². The molecule has 1 aliphatic heterocycles. The minimum Gasteiger partial charge on any atom is -0.299 e.